The number of fused-ring (bicyclic) bond motifs is 1. The van der Waals surface area contributed by atoms with E-state index in [-0.39, 0.29) is 28.2 Å². The van der Waals surface area contributed by atoms with Crippen molar-refractivity contribution in [2.24, 2.45) is 5.41 Å². The average Bonchev–Trinajstić information content (AvgIpc) is 2.45. The minimum atomic E-state index is -0.993. The van der Waals surface area contributed by atoms with Crippen molar-refractivity contribution in [3.63, 3.8) is 0 Å². The van der Waals surface area contributed by atoms with Gasteiger partial charge in [0, 0.05) is 12.6 Å². The van der Waals surface area contributed by atoms with Crippen LogP contribution in [0.2, 0.25) is 0 Å². The van der Waals surface area contributed by atoms with Crippen LogP contribution in [0.15, 0.2) is 33.8 Å². The number of H-pyrrole nitrogens is 1. The van der Waals surface area contributed by atoms with Gasteiger partial charge in [-0.1, -0.05) is 20.8 Å². The number of allylic oxidation sites excluding steroid dienone is 3. The predicted octanol–water partition coefficient (Wildman–Crippen LogP) is 1.94. The van der Waals surface area contributed by atoms with Gasteiger partial charge in [-0.3, -0.25) is 14.4 Å². The summed E-state index contributed by atoms with van der Waals surface area (Å²) >= 11 is 0. The van der Waals surface area contributed by atoms with E-state index in [9.17, 15) is 19.5 Å². The van der Waals surface area contributed by atoms with Crippen molar-refractivity contribution in [3.05, 3.63) is 56.2 Å². The van der Waals surface area contributed by atoms with E-state index in [0.29, 0.717) is 23.3 Å². The van der Waals surface area contributed by atoms with Gasteiger partial charge in [0.2, 0.25) is 11.3 Å². The second-order valence-corrected chi connectivity index (χ2v) is 7.90. The molecule has 1 unspecified atom stereocenters. The lowest BCUT2D eigenvalue weighted by atomic mass is 9.81. The zero-order valence-corrected chi connectivity index (χ0v) is 15.1. The Hall–Kier alpha value is -2.47. The highest BCUT2D eigenvalue weighted by molar-refractivity contribution is 6.28. The summed E-state index contributed by atoms with van der Waals surface area (Å²) in [4.78, 5) is 42.1. The van der Waals surface area contributed by atoms with E-state index >= 15 is 0 Å². The first-order chi connectivity index (χ1) is 11.5. The monoisotopic (exact) mass is 342 g/mol. The molecule has 0 saturated carbocycles. The molecule has 2 aliphatic rings. The van der Waals surface area contributed by atoms with Gasteiger partial charge in [-0.2, -0.15) is 0 Å². The first kappa shape index (κ1) is 17.4. The number of carbonyl (C=O) groups excluding carboxylic acids is 2. The van der Waals surface area contributed by atoms with Crippen LogP contribution in [0.5, 0.6) is 0 Å². The van der Waals surface area contributed by atoms with Crippen molar-refractivity contribution in [1.29, 1.82) is 0 Å². The number of Topliss-reactive ketones (excluding diaryl/α,β-unsaturated/α-hetero) is 2. The van der Waals surface area contributed by atoms with E-state index in [1.807, 2.05) is 20.8 Å². The van der Waals surface area contributed by atoms with Gasteiger partial charge in [-0.15, -0.1) is 0 Å². The van der Waals surface area contributed by atoms with Crippen molar-refractivity contribution in [1.82, 2.24) is 9.88 Å². The van der Waals surface area contributed by atoms with Crippen molar-refractivity contribution in [2.75, 3.05) is 6.54 Å². The number of hydrogen-bond donors (Lipinski definition) is 2. The van der Waals surface area contributed by atoms with Gasteiger partial charge < -0.3 is 15.0 Å². The maximum Gasteiger partial charge on any atom is 0.248 e. The molecule has 0 radical (unpaired) electrons. The molecule has 1 aromatic rings. The van der Waals surface area contributed by atoms with Crippen LogP contribution in [0.3, 0.4) is 0 Å². The zero-order chi connectivity index (χ0) is 18.7. The minimum absolute atomic E-state index is 0.00885. The summed E-state index contributed by atoms with van der Waals surface area (Å²) in [7, 11) is 0. The van der Waals surface area contributed by atoms with E-state index in [0.717, 1.165) is 0 Å². The fourth-order valence-electron chi connectivity index (χ4n) is 3.47. The van der Waals surface area contributed by atoms with Gasteiger partial charge in [-0.25, -0.2) is 0 Å². The molecular weight excluding hydrogens is 320 g/mol. The Bertz CT molecular complexity index is 912. The highest BCUT2D eigenvalue weighted by Gasteiger charge is 2.42. The van der Waals surface area contributed by atoms with E-state index in [1.165, 1.54) is 6.07 Å². The lowest BCUT2D eigenvalue weighted by molar-refractivity contribution is 0.0370. The standard InChI is InChI=1S/C19H22N2O4/c1-9-6-11(22)20-15-13(9)17(24)14-10(2)7-12(23)21(8-19(3,4)5)16(14)18(15)25/h6-7,12,23H,8H2,1-5H3,(H,20,22). The van der Waals surface area contributed by atoms with Crippen LogP contribution >= 0.6 is 0 Å². The number of pyridine rings is 1. The Kier molecular flexibility index (Phi) is 3.84. The minimum Gasteiger partial charge on any atom is -0.370 e. The molecule has 1 aliphatic heterocycles. The molecule has 0 spiro atoms. The fraction of sp³-hybridized carbons (Fsp3) is 0.421. The molecule has 0 saturated heterocycles. The molecule has 25 heavy (non-hydrogen) atoms. The summed E-state index contributed by atoms with van der Waals surface area (Å²) in [5.74, 6) is -0.723. The van der Waals surface area contributed by atoms with E-state index in [4.69, 9.17) is 0 Å². The molecular formula is C19H22N2O4. The molecule has 6 heteroatoms. The number of ketones is 2. The van der Waals surface area contributed by atoms with Crippen LogP contribution < -0.4 is 5.56 Å². The summed E-state index contributed by atoms with van der Waals surface area (Å²) in [6, 6.07) is 1.32. The maximum absolute atomic E-state index is 13.1. The summed E-state index contributed by atoms with van der Waals surface area (Å²) in [6.45, 7) is 9.71. The third-order valence-electron chi connectivity index (χ3n) is 4.42. The normalized spacial score (nSPS) is 20.5. The number of nitrogens with zero attached hydrogens (tertiary/aromatic N) is 1. The van der Waals surface area contributed by atoms with Gasteiger partial charge in [0.1, 0.15) is 17.6 Å². The lowest BCUT2D eigenvalue weighted by Crippen LogP contribution is -2.47. The molecule has 1 aromatic heterocycles. The number of carbonyl (C=O) groups is 2. The van der Waals surface area contributed by atoms with Crippen molar-refractivity contribution < 1.29 is 14.7 Å². The van der Waals surface area contributed by atoms with Crippen molar-refractivity contribution in [2.45, 2.75) is 40.8 Å². The summed E-state index contributed by atoms with van der Waals surface area (Å²) in [5.41, 5.74) is 1.14. The molecule has 2 heterocycles. The average molecular weight is 342 g/mol. The van der Waals surface area contributed by atoms with Crippen molar-refractivity contribution in [3.8, 4) is 0 Å². The molecule has 2 N–H and O–H groups in total. The van der Waals surface area contributed by atoms with Gasteiger partial charge >= 0.3 is 0 Å². The Morgan fingerprint density at radius 1 is 1.16 bits per heavy atom. The largest absolute Gasteiger partial charge is 0.370 e. The van der Waals surface area contributed by atoms with Crippen LogP contribution in [-0.4, -0.2) is 39.3 Å². The van der Waals surface area contributed by atoms with Gasteiger partial charge in [0.15, 0.2) is 5.78 Å². The first-order valence-corrected chi connectivity index (χ1v) is 8.22. The van der Waals surface area contributed by atoms with E-state index in [1.54, 1.807) is 24.8 Å². The number of aromatic amines is 1. The molecule has 0 amide bonds. The third kappa shape index (κ3) is 2.76. The second kappa shape index (κ2) is 5.52. The first-order valence-electron chi connectivity index (χ1n) is 8.22. The topological polar surface area (TPSA) is 90.5 Å². The lowest BCUT2D eigenvalue weighted by Gasteiger charge is -2.40. The number of aryl methyl sites for hydroxylation is 1. The van der Waals surface area contributed by atoms with Crippen LogP contribution in [0, 0.1) is 12.3 Å². The zero-order valence-electron chi connectivity index (χ0n) is 15.1. The molecule has 0 bridgehead atoms. The van der Waals surface area contributed by atoms with E-state index < -0.39 is 17.6 Å². The highest BCUT2D eigenvalue weighted by atomic mass is 16.3. The fourth-order valence-corrected chi connectivity index (χ4v) is 3.47. The maximum atomic E-state index is 13.1. The van der Waals surface area contributed by atoms with Crippen LogP contribution in [0.4, 0.5) is 0 Å². The number of aliphatic hydroxyl groups excluding tert-OH is 1. The summed E-state index contributed by atoms with van der Waals surface area (Å²) in [5, 5.41) is 10.5. The smallest absolute Gasteiger partial charge is 0.248 e. The van der Waals surface area contributed by atoms with Gasteiger partial charge in [-0.05, 0) is 36.5 Å². The Balaban J connectivity index is 2.26. The van der Waals surface area contributed by atoms with Crippen LogP contribution in [0.1, 0.15) is 54.1 Å². The third-order valence-corrected chi connectivity index (χ3v) is 4.42. The Labute approximate surface area is 145 Å². The highest BCUT2D eigenvalue weighted by Crippen LogP contribution is 2.37. The number of nitrogens with one attached hydrogen (secondary N) is 1. The Morgan fingerprint density at radius 2 is 1.80 bits per heavy atom. The van der Waals surface area contributed by atoms with Crippen LogP contribution in [-0.2, 0) is 0 Å². The molecule has 0 aromatic carbocycles. The molecule has 3 rings (SSSR count). The predicted molar refractivity (Wildman–Crippen MR) is 93.4 cm³/mol. The molecule has 132 valence electrons. The van der Waals surface area contributed by atoms with Gasteiger partial charge in [0.25, 0.3) is 0 Å². The van der Waals surface area contributed by atoms with E-state index in [2.05, 4.69) is 4.98 Å². The summed E-state index contributed by atoms with van der Waals surface area (Å²) in [6.07, 6.45) is 0.592. The molecule has 6 nitrogen and oxygen atoms in total. The number of rotatable bonds is 1. The van der Waals surface area contributed by atoms with Gasteiger partial charge in [0.05, 0.1) is 11.1 Å². The number of hydrogen-bond acceptors (Lipinski definition) is 5. The van der Waals surface area contributed by atoms with Crippen molar-refractivity contribution >= 4 is 11.6 Å². The second-order valence-electron chi connectivity index (χ2n) is 7.90. The number of aromatic nitrogens is 1. The van der Waals surface area contributed by atoms with Crippen LogP contribution in [0.25, 0.3) is 0 Å². The SMILES string of the molecule is CC1=CC(O)N(CC(C)(C)C)C2=C1C(=O)c1c(C)cc(=O)[nH]c1C2=O. The molecule has 1 aliphatic carbocycles. The quantitative estimate of drug-likeness (QED) is 0.814. The Morgan fingerprint density at radius 3 is 2.40 bits per heavy atom. The molecule has 1 atom stereocenters. The molecule has 0 fully saturated rings. The summed E-state index contributed by atoms with van der Waals surface area (Å²) < 4.78 is 0. The number of aliphatic hydroxyl groups is 1.